The van der Waals surface area contributed by atoms with Crippen molar-refractivity contribution in [2.45, 2.75) is 15.6 Å². The molecular formula is C13H10ClF3N4O3S2. The molecular weight excluding hydrogens is 417 g/mol. The second-order valence-electron chi connectivity index (χ2n) is 4.69. The van der Waals surface area contributed by atoms with Crippen LogP contribution in [0.4, 0.5) is 24.7 Å². The first-order valence-corrected chi connectivity index (χ1v) is 9.65. The fourth-order valence-corrected chi connectivity index (χ4v) is 3.31. The third kappa shape index (κ3) is 4.02. The molecule has 2 aromatic rings. The standard InChI is InChI=1S/C13H10ClF3N4O3S2/c1-25-12-20-9(14)8(10(18)22)11(21-12)19-6-3-2-4-7(5-6)26(23,24)13(15,16)17/h2-5H,1H3,(H2,18,22)(H,19,20,21). The number of primary amides is 1. The van der Waals surface area contributed by atoms with Gasteiger partial charge in [0.05, 0.1) is 4.90 Å². The lowest BCUT2D eigenvalue weighted by atomic mass is 10.2. The number of rotatable bonds is 5. The Labute approximate surface area is 155 Å². The molecule has 1 heterocycles. The summed E-state index contributed by atoms with van der Waals surface area (Å²) in [6, 6.07) is 3.93. The van der Waals surface area contributed by atoms with Crippen LogP contribution in [0.25, 0.3) is 0 Å². The summed E-state index contributed by atoms with van der Waals surface area (Å²) in [5.74, 6) is -1.13. The maximum Gasteiger partial charge on any atom is 0.501 e. The minimum absolute atomic E-state index is 0.0698. The predicted octanol–water partition coefficient (Wildman–Crippen LogP) is 2.99. The highest BCUT2D eigenvalue weighted by Gasteiger charge is 2.46. The lowest BCUT2D eigenvalue weighted by Crippen LogP contribution is -2.23. The summed E-state index contributed by atoms with van der Waals surface area (Å²) in [6.45, 7) is 0. The van der Waals surface area contributed by atoms with Crippen molar-refractivity contribution in [1.29, 1.82) is 0 Å². The summed E-state index contributed by atoms with van der Waals surface area (Å²) >= 11 is 6.98. The van der Waals surface area contributed by atoms with E-state index in [4.69, 9.17) is 17.3 Å². The number of thioether (sulfide) groups is 1. The highest BCUT2D eigenvalue weighted by molar-refractivity contribution is 7.98. The molecule has 0 aliphatic carbocycles. The number of halogens is 4. The van der Waals surface area contributed by atoms with E-state index >= 15 is 0 Å². The number of benzene rings is 1. The van der Waals surface area contributed by atoms with E-state index in [9.17, 15) is 26.4 Å². The first-order chi connectivity index (χ1) is 12.0. The van der Waals surface area contributed by atoms with Gasteiger partial charge in [-0.1, -0.05) is 29.4 Å². The van der Waals surface area contributed by atoms with Crippen LogP contribution in [-0.2, 0) is 9.84 Å². The van der Waals surface area contributed by atoms with Crippen LogP contribution in [0.2, 0.25) is 5.15 Å². The number of carbonyl (C=O) groups excluding carboxylic acids is 1. The van der Waals surface area contributed by atoms with Crippen molar-refractivity contribution in [3.05, 3.63) is 35.0 Å². The van der Waals surface area contributed by atoms with Crippen LogP contribution >= 0.6 is 23.4 Å². The van der Waals surface area contributed by atoms with Crippen LogP contribution in [0.3, 0.4) is 0 Å². The molecule has 0 aliphatic heterocycles. The molecule has 26 heavy (non-hydrogen) atoms. The van der Waals surface area contributed by atoms with Gasteiger partial charge in [-0.2, -0.15) is 13.2 Å². The summed E-state index contributed by atoms with van der Waals surface area (Å²) in [7, 11) is -5.53. The van der Waals surface area contributed by atoms with Gasteiger partial charge in [-0.05, 0) is 24.5 Å². The molecule has 7 nitrogen and oxygen atoms in total. The molecule has 0 atom stereocenters. The third-order valence-electron chi connectivity index (χ3n) is 2.99. The van der Waals surface area contributed by atoms with Crippen LogP contribution in [0.1, 0.15) is 10.4 Å². The Morgan fingerprint density at radius 1 is 1.31 bits per heavy atom. The van der Waals surface area contributed by atoms with E-state index in [-0.39, 0.29) is 27.4 Å². The quantitative estimate of drug-likeness (QED) is 0.429. The van der Waals surface area contributed by atoms with Crippen LogP contribution in [0.15, 0.2) is 34.3 Å². The number of amides is 1. The summed E-state index contributed by atoms with van der Waals surface area (Å²) in [5.41, 5.74) is -0.582. The predicted molar refractivity (Wildman–Crippen MR) is 90.3 cm³/mol. The number of hydrogen-bond donors (Lipinski definition) is 2. The zero-order valence-electron chi connectivity index (χ0n) is 12.8. The fourth-order valence-electron chi connectivity index (χ4n) is 1.83. The number of hydrogen-bond acceptors (Lipinski definition) is 7. The Bertz CT molecular complexity index is 968. The SMILES string of the molecule is CSc1nc(Cl)c(C(N)=O)c(Nc2cccc(S(=O)(=O)C(F)(F)F)c2)n1. The number of alkyl halides is 3. The van der Waals surface area contributed by atoms with Gasteiger partial charge in [-0.15, -0.1) is 0 Å². The molecule has 0 aliphatic rings. The Kier molecular flexibility index (Phi) is 5.68. The average Bonchev–Trinajstić information content (AvgIpc) is 2.53. The lowest BCUT2D eigenvalue weighted by Gasteiger charge is -2.13. The number of aromatic nitrogens is 2. The molecule has 1 amide bonds. The Balaban J connectivity index is 2.52. The molecule has 0 spiro atoms. The lowest BCUT2D eigenvalue weighted by molar-refractivity contribution is -0.0436. The number of nitrogens with zero attached hydrogens (tertiary/aromatic N) is 2. The monoisotopic (exact) mass is 426 g/mol. The number of anilines is 2. The minimum Gasteiger partial charge on any atom is -0.365 e. The van der Waals surface area contributed by atoms with E-state index < -0.39 is 26.1 Å². The summed E-state index contributed by atoms with van der Waals surface area (Å²) in [4.78, 5) is 18.4. The molecule has 0 radical (unpaired) electrons. The van der Waals surface area contributed by atoms with Crippen molar-refractivity contribution >= 4 is 50.6 Å². The van der Waals surface area contributed by atoms with Crippen LogP contribution in [-0.4, -0.2) is 36.1 Å². The van der Waals surface area contributed by atoms with Gasteiger partial charge in [-0.3, -0.25) is 4.79 Å². The largest absolute Gasteiger partial charge is 0.501 e. The van der Waals surface area contributed by atoms with Gasteiger partial charge in [0.15, 0.2) is 5.16 Å². The van der Waals surface area contributed by atoms with Gasteiger partial charge in [-0.25, -0.2) is 18.4 Å². The van der Waals surface area contributed by atoms with Crippen molar-refractivity contribution in [2.75, 3.05) is 11.6 Å². The maximum atomic E-state index is 12.7. The molecule has 1 aromatic heterocycles. The second-order valence-corrected chi connectivity index (χ2v) is 7.76. The van der Waals surface area contributed by atoms with Gasteiger partial charge in [0.25, 0.3) is 15.7 Å². The molecule has 0 unspecified atom stereocenters. The van der Waals surface area contributed by atoms with Crippen molar-refractivity contribution in [3.8, 4) is 0 Å². The van der Waals surface area contributed by atoms with Crippen molar-refractivity contribution in [1.82, 2.24) is 9.97 Å². The van der Waals surface area contributed by atoms with E-state index in [0.717, 1.165) is 30.0 Å². The van der Waals surface area contributed by atoms with Gasteiger partial charge in [0.2, 0.25) is 0 Å². The summed E-state index contributed by atoms with van der Waals surface area (Å²) in [6.07, 6.45) is 1.63. The van der Waals surface area contributed by atoms with E-state index in [2.05, 4.69) is 15.3 Å². The topological polar surface area (TPSA) is 115 Å². The van der Waals surface area contributed by atoms with Crippen LogP contribution in [0, 0.1) is 0 Å². The van der Waals surface area contributed by atoms with Crippen molar-refractivity contribution in [2.24, 2.45) is 5.73 Å². The van der Waals surface area contributed by atoms with Crippen LogP contribution in [0.5, 0.6) is 0 Å². The Morgan fingerprint density at radius 2 is 1.96 bits per heavy atom. The Morgan fingerprint density at radius 3 is 2.50 bits per heavy atom. The zero-order chi connectivity index (χ0) is 19.7. The first kappa shape index (κ1) is 20.3. The van der Waals surface area contributed by atoms with E-state index in [1.54, 1.807) is 6.26 Å². The molecule has 3 N–H and O–H groups in total. The van der Waals surface area contributed by atoms with E-state index in [0.29, 0.717) is 0 Å². The van der Waals surface area contributed by atoms with Crippen LogP contribution < -0.4 is 11.1 Å². The normalized spacial score (nSPS) is 12.0. The molecule has 2 rings (SSSR count). The number of carbonyl (C=O) groups is 1. The number of sulfone groups is 1. The van der Waals surface area contributed by atoms with Crippen molar-refractivity contribution in [3.63, 3.8) is 0 Å². The first-order valence-electron chi connectivity index (χ1n) is 6.57. The molecule has 0 saturated heterocycles. The second kappa shape index (κ2) is 7.29. The maximum absolute atomic E-state index is 12.7. The van der Waals surface area contributed by atoms with E-state index in [1.807, 2.05) is 0 Å². The molecule has 140 valence electrons. The highest BCUT2D eigenvalue weighted by Crippen LogP contribution is 2.32. The average molecular weight is 427 g/mol. The third-order valence-corrected chi connectivity index (χ3v) is 5.29. The molecule has 0 fully saturated rings. The van der Waals surface area contributed by atoms with Gasteiger partial charge < -0.3 is 11.1 Å². The van der Waals surface area contributed by atoms with Gasteiger partial charge in [0.1, 0.15) is 16.5 Å². The molecule has 0 bridgehead atoms. The van der Waals surface area contributed by atoms with E-state index in [1.165, 1.54) is 6.07 Å². The van der Waals surface area contributed by atoms with Gasteiger partial charge >= 0.3 is 5.51 Å². The summed E-state index contributed by atoms with van der Waals surface area (Å²) in [5, 5.41) is 2.47. The molecule has 1 aromatic carbocycles. The molecule has 13 heteroatoms. The summed E-state index contributed by atoms with van der Waals surface area (Å²) < 4.78 is 61.1. The number of nitrogens with one attached hydrogen (secondary N) is 1. The zero-order valence-corrected chi connectivity index (χ0v) is 15.2. The highest BCUT2D eigenvalue weighted by atomic mass is 35.5. The minimum atomic E-state index is -5.53. The van der Waals surface area contributed by atoms with Crippen molar-refractivity contribution < 1.29 is 26.4 Å². The number of nitrogens with two attached hydrogens (primary N) is 1. The Hall–Kier alpha value is -2.05. The smallest absolute Gasteiger partial charge is 0.365 e. The fraction of sp³-hybridized carbons (Fsp3) is 0.154. The molecule has 0 saturated carbocycles. The van der Waals surface area contributed by atoms with Gasteiger partial charge in [0, 0.05) is 5.69 Å².